The molecule has 0 aliphatic heterocycles. The Kier molecular flexibility index (Phi) is 4.21. The van der Waals surface area contributed by atoms with Crippen LogP contribution < -0.4 is 0 Å². The van der Waals surface area contributed by atoms with Crippen LogP contribution in [0.4, 0.5) is 0 Å². The zero-order valence-electron chi connectivity index (χ0n) is 5.22. The summed E-state index contributed by atoms with van der Waals surface area (Å²) in [5.74, 6) is -2.72. The van der Waals surface area contributed by atoms with Crippen LogP contribution in [0.5, 0.6) is 0 Å². The van der Waals surface area contributed by atoms with Gasteiger partial charge in [-0.05, 0) is 0 Å². The van der Waals surface area contributed by atoms with Crippen LogP contribution in [0.15, 0.2) is 0 Å². The normalized spacial score (nSPS) is 12.7. The number of aliphatic carboxylic acids is 2. The van der Waals surface area contributed by atoms with Crippen LogP contribution in [0.1, 0.15) is 0 Å². The van der Waals surface area contributed by atoms with Gasteiger partial charge in [-0.25, -0.2) is 9.59 Å². The molecule has 0 saturated carbocycles. The Labute approximate surface area is 101 Å². The van der Waals surface area contributed by atoms with Crippen molar-refractivity contribution >= 4 is 75.7 Å². The third kappa shape index (κ3) is 2.21. The second-order valence-corrected chi connectivity index (χ2v) is 8.65. The van der Waals surface area contributed by atoms with Crippen LogP contribution in [0, 0.1) is 0 Å². The molecule has 0 spiro atoms. The molecule has 8 heteroatoms. The van der Waals surface area contributed by atoms with Crippen molar-refractivity contribution in [3.8, 4) is 0 Å². The van der Waals surface area contributed by atoms with Gasteiger partial charge >= 0.3 is 11.9 Å². The van der Waals surface area contributed by atoms with E-state index in [0.29, 0.717) is 0 Å². The summed E-state index contributed by atoms with van der Waals surface area (Å²) < 4.78 is -3.61. The molecule has 0 rings (SSSR count). The van der Waals surface area contributed by atoms with E-state index in [1.165, 1.54) is 0 Å². The van der Waals surface area contributed by atoms with Crippen LogP contribution in [0.3, 0.4) is 0 Å². The molecule has 0 unspecified atom stereocenters. The number of halogens is 4. The quantitative estimate of drug-likeness (QED) is 0.669. The van der Waals surface area contributed by atoms with E-state index < -0.39 is 18.4 Å². The Morgan fingerprint density at radius 3 is 1.08 bits per heavy atom. The second-order valence-electron chi connectivity index (χ2n) is 1.76. The van der Waals surface area contributed by atoms with Gasteiger partial charge < -0.3 is 10.2 Å². The predicted molar refractivity (Wildman–Crippen MR) is 56.4 cm³/mol. The average Bonchev–Trinajstić information content (AvgIpc) is 1.86. The van der Waals surface area contributed by atoms with Gasteiger partial charge in [0.05, 0.1) is 0 Å². The van der Waals surface area contributed by atoms with Gasteiger partial charge in [-0.3, -0.25) is 0 Å². The van der Waals surface area contributed by atoms with Crippen LogP contribution in [0.2, 0.25) is 0 Å². The van der Waals surface area contributed by atoms with E-state index in [0.717, 1.165) is 0 Å². The maximum absolute atomic E-state index is 10.6. The Hall–Kier alpha value is 0.860. The first kappa shape index (κ1) is 12.9. The van der Waals surface area contributed by atoms with Crippen molar-refractivity contribution in [2.24, 2.45) is 0 Å². The molecule has 0 aliphatic carbocycles. The second kappa shape index (κ2) is 3.93. The first-order valence-corrected chi connectivity index (χ1v) is 5.53. The predicted octanol–water partition coefficient (Wildman–Crippen LogP) is 2.13. The number of carboxylic acids is 2. The fourth-order valence-electron chi connectivity index (χ4n) is 0.269. The molecule has 2 N–H and O–H groups in total. The van der Waals surface area contributed by atoms with Crippen molar-refractivity contribution in [3.05, 3.63) is 0 Å². The minimum absolute atomic E-state index is 1.36. The lowest BCUT2D eigenvalue weighted by atomic mass is 10.3. The number of alkyl halides is 4. The van der Waals surface area contributed by atoms with E-state index in [2.05, 4.69) is 63.7 Å². The van der Waals surface area contributed by atoms with E-state index >= 15 is 0 Å². The lowest BCUT2D eigenvalue weighted by Gasteiger charge is -2.26. The van der Waals surface area contributed by atoms with Gasteiger partial charge in [0.2, 0.25) is 6.47 Å². The summed E-state index contributed by atoms with van der Waals surface area (Å²) in [5, 5.41) is 17.2. The lowest BCUT2D eigenvalue weighted by Crippen LogP contribution is -2.47. The van der Waals surface area contributed by atoms with E-state index in [4.69, 9.17) is 10.2 Å². The van der Waals surface area contributed by atoms with Crippen LogP contribution in [-0.4, -0.2) is 28.6 Å². The highest BCUT2D eigenvalue weighted by Gasteiger charge is 2.56. The molecule has 12 heavy (non-hydrogen) atoms. The Balaban J connectivity index is 5.01. The van der Waals surface area contributed by atoms with Crippen molar-refractivity contribution < 1.29 is 19.8 Å². The van der Waals surface area contributed by atoms with Gasteiger partial charge in [-0.15, -0.1) is 0 Å². The summed E-state index contributed by atoms with van der Waals surface area (Å²) in [7, 11) is 0. The molecule has 0 aromatic rings. The SMILES string of the molecule is O=C(O)C(Br)(Br)C(Br)(Br)C(=O)O. The number of carboxylic acid groups (broad SMARTS) is 2. The maximum atomic E-state index is 10.6. The average molecular weight is 434 g/mol. The Morgan fingerprint density at radius 2 is 1.00 bits per heavy atom. The maximum Gasteiger partial charge on any atom is 0.334 e. The van der Waals surface area contributed by atoms with Crippen molar-refractivity contribution in [1.29, 1.82) is 0 Å². The fraction of sp³-hybridized carbons (Fsp3) is 0.500. The largest absolute Gasteiger partial charge is 0.479 e. The highest BCUT2D eigenvalue weighted by Crippen LogP contribution is 2.48. The monoisotopic (exact) mass is 430 g/mol. The van der Waals surface area contributed by atoms with E-state index in [1.54, 1.807) is 0 Å². The summed E-state index contributed by atoms with van der Waals surface area (Å²) in [6.45, 7) is 0. The topological polar surface area (TPSA) is 74.6 Å². The molecule has 70 valence electrons. The summed E-state index contributed by atoms with van der Waals surface area (Å²) in [6.07, 6.45) is 0. The van der Waals surface area contributed by atoms with Gasteiger partial charge in [-0.2, -0.15) is 0 Å². The molecule has 4 nitrogen and oxygen atoms in total. The molecule has 0 heterocycles. The Bertz CT molecular complexity index is 199. The number of hydrogen-bond donors (Lipinski definition) is 2. The highest BCUT2D eigenvalue weighted by molar-refractivity contribution is 9.31. The molecule has 0 aromatic heterocycles. The van der Waals surface area contributed by atoms with Crippen LogP contribution >= 0.6 is 63.7 Å². The number of rotatable bonds is 3. The molecule has 0 aliphatic rings. The third-order valence-corrected chi connectivity index (χ3v) is 6.80. The first-order valence-electron chi connectivity index (χ1n) is 2.36. The van der Waals surface area contributed by atoms with Gasteiger partial charge in [0.1, 0.15) is 0 Å². The summed E-state index contributed by atoms with van der Waals surface area (Å²) in [6, 6.07) is 0. The van der Waals surface area contributed by atoms with E-state index in [9.17, 15) is 9.59 Å². The standard InChI is InChI=1S/C4H2Br4O4/c5-3(6,1(9)10)4(7,8)2(11)12/h(H,9,10)(H,11,12). The molecular formula is C4H2Br4O4. The lowest BCUT2D eigenvalue weighted by molar-refractivity contribution is -0.143. The summed E-state index contributed by atoms with van der Waals surface area (Å²) >= 11 is 10.8. The van der Waals surface area contributed by atoms with E-state index in [1.807, 2.05) is 0 Å². The smallest absolute Gasteiger partial charge is 0.334 e. The third-order valence-electron chi connectivity index (χ3n) is 0.932. The highest BCUT2D eigenvalue weighted by atomic mass is 79.9. The summed E-state index contributed by atoms with van der Waals surface area (Å²) in [5.41, 5.74) is 0. The van der Waals surface area contributed by atoms with Crippen LogP contribution in [0.25, 0.3) is 0 Å². The summed E-state index contributed by atoms with van der Waals surface area (Å²) in [4.78, 5) is 21.1. The zero-order valence-corrected chi connectivity index (χ0v) is 11.6. The van der Waals surface area contributed by atoms with Crippen molar-refractivity contribution in [3.63, 3.8) is 0 Å². The Morgan fingerprint density at radius 1 is 0.833 bits per heavy atom. The van der Waals surface area contributed by atoms with Crippen molar-refractivity contribution in [1.82, 2.24) is 0 Å². The molecule has 0 saturated heterocycles. The molecule has 0 radical (unpaired) electrons. The van der Waals surface area contributed by atoms with Crippen molar-refractivity contribution in [2.45, 2.75) is 6.47 Å². The van der Waals surface area contributed by atoms with Gasteiger partial charge in [0.25, 0.3) is 0 Å². The van der Waals surface area contributed by atoms with Gasteiger partial charge in [0.15, 0.2) is 0 Å². The molecule has 0 atom stereocenters. The molecule has 0 amide bonds. The van der Waals surface area contributed by atoms with Crippen LogP contribution in [-0.2, 0) is 9.59 Å². The molecule has 0 bridgehead atoms. The number of carbonyl (C=O) groups is 2. The molecule has 0 fully saturated rings. The minimum atomic E-state index is -1.81. The molecular weight excluding hydrogens is 432 g/mol. The van der Waals surface area contributed by atoms with Gasteiger partial charge in [-0.1, -0.05) is 63.7 Å². The zero-order chi connectivity index (χ0) is 10.2. The molecule has 0 aromatic carbocycles. The van der Waals surface area contributed by atoms with Crippen molar-refractivity contribution in [2.75, 3.05) is 0 Å². The minimum Gasteiger partial charge on any atom is -0.479 e. The first-order chi connectivity index (χ1) is 5.14. The van der Waals surface area contributed by atoms with Gasteiger partial charge in [0, 0.05) is 0 Å². The number of hydrogen-bond acceptors (Lipinski definition) is 2. The van der Waals surface area contributed by atoms with E-state index in [-0.39, 0.29) is 0 Å². The fourth-order valence-corrected chi connectivity index (χ4v) is 0.947.